The first kappa shape index (κ1) is 9.86. The van der Waals surface area contributed by atoms with Crippen molar-refractivity contribution in [3.05, 3.63) is 22.4 Å². The normalized spacial score (nSPS) is 37.9. The highest BCUT2D eigenvalue weighted by Gasteiger charge is 2.52. The fourth-order valence-electron chi connectivity index (χ4n) is 3.26. The average Bonchev–Trinajstić information content (AvgIpc) is 2.75. The topological polar surface area (TPSA) is 20.2 Å². The van der Waals surface area contributed by atoms with Crippen LogP contribution in [0, 0.1) is 17.3 Å². The van der Waals surface area contributed by atoms with E-state index in [0.29, 0.717) is 6.61 Å². The van der Waals surface area contributed by atoms with E-state index in [0.717, 1.165) is 18.3 Å². The molecule has 0 bridgehead atoms. The molecule has 1 heterocycles. The Balaban J connectivity index is 1.61. The van der Waals surface area contributed by atoms with E-state index in [-0.39, 0.29) is 5.41 Å². The predicted molar refractivity (Wildman–Crippen MR) is 63.0 cm³/mol. The third-order valence-corrected chi connectivity index (χ3v) is 5.05. The van der Waals surface area contributed by atoms with Gasteiger partial charge in [-0.15, -0.1) is 0 Å². The standard InChI is InChI=1S/C13H18OS/c14-9-13(6-11-5-12(11)7-13)3-1-10-2-4-15-8-10/h2,4,8,11-12,14H,1,3,5-7,9H2. The molecule has 2 aliphatic carbocycles. The Hall–Kier alpha value is -0.340. The number of hydrogen-bond acceptors (Lipinski definition) is 2. The molecule has 82 valence electrons. The molecule has 2 fully saturated rings. The Kier molecular flexibility index (Phi) is 2.37. The van der Waals surface area contributed by atoms with E-state index in [1.807, 2.05) is 0 Å². The van der Waals surface area contributed by atoms with Crippen molar-refractivity contribution in [1.82, 2.24) is 0 Å². The minimum atomic E-state index is 0.287. The zero-order valence-corrected chi connectivity index (χ0v) is 9.80. The Morgan fingerprint density at radius 1 is 1.40 bits per heavy atom. The van der Waals surface area contributed by atoms with Gasteiger partial charge in [-0.3, -0.25) is 0 Å². The molecule has 1 nitrogen and oxygen atoms in total. The molecule has 2 atom stereocenters. The molecule has 1 N–H and O–H groups in total. The molecule has 0 aromatic carbocycles. The van der Waals surface area contributed by atoms with Gasteiger partial charge in [0.15, 0.2) is 0 Å². The van der Waals surface area contributed by atoms with Crippen molar-refractivity contribution in [2.24, 2.45) is 17.3 Å². The number of hydrogen-bond donors (Lipinski definition) is 1. The largest absolute Gasteiger partial charge is 0.396 e. The molecular formula is C13H18OS. The summed E-state index contributed by atoms with van der Waals surface area (Å²) in [6.07, 6.45) is 6.37. The van der Waals surface area contributed by atoms with Crippen LogP contribution in [-0.2, 0) is 6.42 Å². The maximum Gasteiger partial charge on any atom is 0.0487 e. The quantitative estimate of drug-likeness (QED) is 0.830. The number of fused-ring (bicyclic) bond motifs is 1. The van der Waals surface area contributed by atoms with Gasteiger partial charge in [-0.2, -0.15) is 11.3 Å². The minimum Gasteiger partial charge on any atom is -0.396 e. The molecule has 15 heavy (non-hydrogen) atoms. The van der Waals surface area contributed by atoms with Gasteiger partial charge in [0, 0.05) is 6.61 Å². The van der Waals surface area contributed by atoms with Crippen LogP contribution in [0.3, 0.4) is 0 Å². The lowest BCUT2D eigenvalue weighted by Crippen LogP contribution is -2.24. The zero-order chi connectivity index (χ0) is 10.3. The Morgan fingerprint density at radius 2 is 2.20 bits per heavy atom. The first-order valence-corrected chi connectivity index (χ1v) is 6.88. The van der Waals surface area contributed by atoms with E-state index < -0.39 is 0 Å². The van der Waals surface area contributed by atoms with Crippen molar-refractivity contribution in [3.8, 4) is 0 Å². The highest BCUT2D eigenvalue weighted by atomic mass is 32.1. The van der Waals surface area contributed by atoms with Gasteiger partial charge in [0.1, 0.15) is 0 Å². The van der Waals surface area contributed by atoms with Gasteiger partial charge in [-0.1, -0.05) is 0 Å². The fourth-order valence-corrected chi connectivity index (χ4v) is 3.97. The second kappa shape index (κ2) is 3.60. The first-order chi connectivity index (χ1) is 7.31. The van der Waals surface area contributed by atoms with Gasteiger partial charge in [0.2, 0.25) is 0 Å². The smallest absolute Gasteiger partial charge is 0.0487 e. The molecule has 0 saturated heterocycles. The first-order valence-electron chi connectivity index (χ1n) is 5.93. The number of aliphatic hydroxyl groups is 1. The Labute approximate surface area is 95.1 Å². The number of aryl methyl sites for hydroxylation is 1. The molecule has 2 saturated carbocycles. The second-order valence-corrected chi connectivity index (χ2v) is 6.23. The van der Waals surface area contributed by atoms with Crippen LogP contribution in [-0.4, -0.2) is 11.7 Å². The van der Waals surface area contributed by atoms with Crippen LogP contribution in [0.1, 0.15) is 31.2 Å². The van der Waals surface area contributed by atoms with E-state index in [9.17, 15) is 5.11 Å². The summed E-state index contributed by atoms with van der Waals surface area (Å²) >= 11 is 1.78. The van der Waals surface area contributed by atoms with E-state index in [1.54, 1.807) is 11.3 Å². The van der Waals surface area contributed by atoms with Crippen molar-refractivity contribution >= 4 is 11.3 Å². The lowest BCUT2D eigenvalue weighted by atomic mass is 9.79. The van der Waals surface area contributed by atoms with Gasteiger partial charge in [-0.25, -0.2) is 0 Å². The molecule has 0 radical (unpaired) electrons. The molecule has 2 aliphatic rings. The van der Waals surface area contributed by atoms with Crippen LogP contribution in [0.4, 0.5) is 0 Å². The number of thiophene rings is 1. The summed E-state index contributed by atoms with van der Waals surface area (Å²) < 4.78 is 0. The summed E-state index contributed by atoms with van der Waals surface area (Å²) in [7, 11) is 0. The van der Waals surface area contributed by atoms with Crippen LogP contribution < -0.4 is 0 Å². The number of aliphatic hydroxyl groups excluding tert-OH is 1. The Bertz CT molecular complexity index is 320. The molecule has 2 unspecified atom stereocenters. The van der Waals surface area contributed by atoms with Gasteiger partial charge >= 0.3 is 0 Å². The molecular weight excluding hydrogens is 204 g/mol. The van der Waals surface area contributed by atoms with Crippen molar-refractivity contribution in [1.29, 1.82) is 0 Å². The zero-order valence-electron chi connectivity index (χ0n) is 8.98. The fraction of sp³-hybridized carbons (Fsp3) is 0.692. The van der Waals surface area contributed by atoms with E-state index in [4.69, 9.17) is 0 Å². The third kappa shape index (κ3) is 1.85. The molecule has 1 aromatic heterocycles. The monoisotopic (exact) mass is 222 g/mol. The average molecular weight is 222 g/mol. The van der Waals surface area contributed by atoms with Gasteiger partial charge in [-0.05, 0) is 71.7 Å². The van der Waals surface area contributed by atoms with Gasteiger partial charge in [0.05, 0.1) is 0 Å². The molecule has 0 aliphatic heterocycles. The second-order valence-electron chi connectivity index (χ2n) is 5.45. The summed E-state index contributed by atoms with van der Waals surface area (Å²) in [5.74, 6) is 1.94. The van der Waals surface area contributed by atoms with Crippen LogP contribution in [0.15, 0.2) is 16.8 Å². The lowest BCUT2D eigenvalue weighted by Gasteiger charge is -2.28. The molecule has 3 rings (SSSR count). The highest BCUT2D eigenvalue weighted by molar-refractivity contribution is 7.07. The van der Waals surface area contributed by atoms with Crippen molar-refractivity contribution in [2.75, 3.05) is 6.61 Å². The SMILES string of the molecule is OCC1(CCc2ccsc2)CC2CC2C1. The summed E-state index contributed by atoms with van der Waals surface area (Å²) in [5, 5.41) is 14.0. The minimum absolute atomic E-state index is 0.287. The molecule has 2 heteroatoms. The van der Waals surface area contributed by atoms with Crippen molar-refractivity contribution in [3.63, 3.8) is 0 Å². The van der Waals surface area contributed by atoms with Crippen LogP contribution >= 0.6 is 11.3 Å². The number of rotatable bonds is 4. The summed E-state index contributed by atoms with van der Waals surface area (Å²) in [6.45, 7) is 0.407. The molecule has 0 amide bonds. The van der Waals surface area contributed by atoms with Crippen LogP contribution in [0.2, 0.25) is 0 Å². The summed E-state index contributed by atoms with van der Waals surface area (Å²) in [6, 6.07) is 2.21. The highest BCUT2D eigenvalue weighted by Crippen LogP contribution is 2.61. The van der Waals surface area contributed by atoms with Crippen molar-refractivity contribution < 1.29 is 5.11 Å². The van der Waals surface area contributed by atoms with E-state index in [2.05, 4.69) is 16.8 Å². The predicted octanol–water partition coefficient (Wildman–Crippen LogP) is 3.09. The van der Waals surface area contributed by atoms with Crippen molar-refractivity contribution in [2.45, 2.75) is 32.1 Å². The van der Waals surface area contributed by atoms with Gasteiger partial charge < -0.3 is 5.11 Å². The molecule has 1 aromatic rings. The van der Waals surface area contributed by atoms with Gasteiger partial charge in [0.25, 0.3) is 0 Å². The Morgan fingerprint density at radius 3 is 2.80 bits per heavy atom. The maximum absolute atomic E-state index is 9.59. The maximum atomic E-state index is 9.59. The summed E-state index contributed by atoms with van der Waals surface area (Å²) in [4.78, 5) is 0. The van der Waals surface area contributed by atoms with Crippen LogP contribution in [0.5, 0.6) is 0 Å². The third-order valence-electron chi connectivity index (χ3n) is 4.32. The summed E-state index contributed by atoms with van der Waals surface area (Å²) in [5.41, 5.74) is 1.74. The van der Waals surface area contributed by atoms with Crippen LogP contribution in [0.25, 0.3) is 0 Å². The van der Waals surface area contributed by atoms with E-state index in [1.165, 1.54) is 31.2 Å². The molecule has 0 spiro atoms. The van der Waals surface area contributed by atoms with E-state index >= 15 is 0 Å². The lowest BCUT2D eigenvalue weighted by molar-refractivity contribution is 0.108.